The van der Waals surface area contributed by atoms with E-state index in [9.17, 15) is 14.7 Å². The average Bonchev–Trinajstić information content (AvgIpc) is 3.23. The summed E-state index contributed by atoms with van der Waals surface area (Å²) in [5, 5.41) is 12.2. The van der Waals surface area contributed by atoms with Gasteiger partial charge in [-0.1, -0.05) is 55.3 Å². The standard InChI is InChI=1S/C25H25ClN2O3S/c1-13-4-6-14(7-5-13)21-22-15-11-25(2,3)18(29)10-17(15)32-24(22)27-16(23(21)26)12-28-19(30)8-9-20(28)31/h4-7,18,29H,8-12H2,1-3H3. The van der Waals surface area contributed by atoms with Crippen molar-refractivity contribution in [3.63, 3.8) is 0 Å². The molecule has 3 aromatic rings. The number of aryl methyl sites for hydroxylation is 1. The highest BCUT2D eigenvalue weighted by molar-refractivity contribution is 7.19. The summed E-state index contributed by atoms with van der Waals surface area (Å²) in [6.07, 6.45) is 1.39. The lowest BCUT2D eigenvalue weighted by Gasteiger charge is -2.35. The first-order valence-electron chi connectivity index (χ1n) is 10.9. The van der Waals surface area contributed by atoms with Gasteiger partial charge in [-0.05, 0) is 29.9 Å². The van der Waals surface area contributed by atoms with Crippen molar-refractivity contribution in [3.8, 4) is 11.1 Å². The molecule has 1 N–H and O–H groups in total. The molecule has 0 bridgehead atoms. The summed E-state index contributed by atoms with van der Waals surface area (Å²) in [5.74, 6) is -0.361. The van der Waals surface area contributed by atoms with Gasteiger partial charge in [-0.3, -0.25) is 14.5 Å². The molecule has 2 aromatic heterocycles. The summed E-state index contributed by atoms with van der Waals surface area (Å²) in [5.41, 5.74) is 4.53. The normalized spacial score (nSPS) is 20.3. The van der Waals surface area contributed by atoms with Crippen LogP contribution in [0.3, 0.4) is 0 Å². The molecule has 0 radical (unpaired) electrons. The minimum Gasteiger partial charge on any atom is -0.392 e. The van der Waals surface area contributed by atoms with Crippen molar-refractivity contribution in [1.82, 2.24) is 9.88 Å². The lowest BCUT2D eigenvalue weighted by Crippen LogP contribution is -2.36. The molecule has 2 aliphatic rings. The van der Waals surface area contributed by atoms with Crippen molar-refractivity contribution in [2.24, 2.45) is 5.41 Å². The Morgan fingerprint density at radius 2 is 1.84 bits per heavy atom. The van der Waals surface area contributed by atoms with Gasteiger partial charge in [-0.2, -0.15) is 0 Å². The molecule has 1 fully saturated rings. The molecule has 0 saturated carbocycles. The van der Waals surface area contributed by atoms with Crippen LogP contribution in [0.1, 0.15) is 48.4 Å². The van der Waals surface area contributed by atoms with E-state index < -0.39 is 6.10 Å². The van der Waals surface area contributed by atoms with E-state index in [1.54, 1.807) is 11.3 Å². The second kappa shape index (κ2) is 7.65. The third-order valence-corrected chi connectivity index (χ3v) is 8.30. The van der Waals surface area contributed by atoms with Gasteiger partial charge < -0.3 is 5.11 Å². The topological polar surface area (TPSA) is 70.5 Å². The number of aliphatic hydroxyl groups excluding tert-OH is 1. The first-order valence-corrected chi connectivity index (χ1v) is 12.1. The second-order valence-corrected chi connectivity index (χ2v) is 11.0. The third kappa shape index (κ3) is 3.45. The molecule has 5 rings (SSSR count). The van der Waals surface area contributed by atoms with Crippen molar-refractivity contribution in [2.75, 3.05) is 0 Å². The van der Waals surface area contributed by atoms with E-state index in [1.807, 2.05) is 6.92 Å². The molecule has 166 valence electrons. The number of rotatable bonds is 3. The Morgan fingerprint density at radius 1 is 1.19 bits per heavy atom. The van der Waals surface area contributed by atoms with Gasteiger partial charge in [0.25, 0.3) is 0 Å². The number of benzene rings is 1. The van der Waals surface area contributed by atoms with Crippen molar-refractivity contribution < 1.29 is 14.7 Å². The summed E-state index contributed by atoms with van der Waals surface area (Å²) in [6.45, 7) is 6.30. The Bertz CT molecular complexity index is 1250. The van der Waals surface area contributed by atoms with Crippen molar-refractivity contribution in [3.05, 3.63) is 51.0 Å². The first-order chi connectivity index (χ1) is 15.2. The summed E-state index contributed by atoms with van der Waals surface area (Å²) in [7, 11) is 0. The maximum absolute atomic E-state index is 12.2. The van der Waals surface area contributed by atoms with E-state index in [4.69, 9.17) is 16.6 Å². The molecule has 5 nitrogen and oxygen atoms in total. The van der Waals surface area contributed by atoms with Crippen molar-refractivity contribution >= 4 is 45.0 Å². The number of carbonyl (C=O) groups excluding carboxylic acids is 2. The van der Waals surface area contributed by atoms with Crippen LogP contribution in [-0.4, -0.2) is 32.9 Å². The first kappa shape index (κ1) is 21.6. The Balaban J connectivity index is 1.74. The van der Waals surface area contributed by atoms with E-state index >= 15 is 0 Å². The SMILES string of the molecule is Cc1ccc(-c2c(Cl)c(CN3C(=O)CCC3=O)nc3sc4c(c23)CC(C)(C)C(O)C4)cc1. The zero-order valence-corrected chi connectivity index (χ0v) is 19.9. The maximum Gasteiger partial charge on any atom is 0.230 e. The molecule has 2 amide bonds. The van der Waals surface area contributed by atoms with Crippen LogP contribution in [0.2, 0.25) is 5.02 Å². The van der Waals surface area contributed by atoms with Crippen LogP contribution >= 0.6 is 22.9 Å². The molecular formula is C25H25ClN2O3S. The highest BCUT2D eigenvalue weighted by atomic mass is 35.5. The maximum atomic E-state index is 12.2. The third-order valence-electron chi connectivity index (χ3n) is 6.75. The zero-order chi connectivity index (χ0) is 22.8. The summed E-state index contributed by atoms with van der Waals surface area (Å²) in [4.78, 5) is 32.6. The number of fused-ring (bicyclic) bond motifs is 3. The highest BCUT2D eigenvalue weighted by Crippen LogP contribution is 2.48. The lowest BCUT2D eigenvalue weighted by molar-refractivity contribution is -0.139. The number of thiophene rings is 1. The smallest absolute Gasteiger partial charge is 0.230 e. The predicted molar refractivity (Wildman–Crippen MR) is 127 cm³/mol. The van der Waals surface area contributed by atoms with Gasteiger partial charge in [-0.25, -0.2) is 4.98 Å². The summed E-state index contributed by atoms with van der Waals surface area (Å²) >= 11 is 8.56. The van der Waals surface area contributed by atoms with Crippen LogP contribution in [0.25, 0.3) is 21.3 Å². The van der Waals surface area contributed by atoms with Gasteiger partial charge in [0.05, 0.1) is 23.4 Å². The minimum absolute atomic E-state index is 0.0853. The number of pyridine rings is 1. The Kier molecular flexibility index (Phi) is 5.15. The molecule has 7 heteroatoms. The van der Waals surface area contributed by atoms with Crippen LogP contribution < -0.4 is 0 Å². The van der Waals surface area contributed by atoms with Gasteiger partial charge in [0.1, 0.15) is 4.83 Å². The van der Waals surface area contributed by atoms with Gasteiger partial charge in [-0.15, -0.1) is 11.3 Å². The number of halogens is 1. The number of hydrogen-bond acceptors (Lipinski definition) is 5. The molecule has 1 aliphatic heterocycles. The fourth-order valence-corrected chi connectivity index (χ4v) is 6.24. The van der Waals surface area contributed by atoms with E-state index in [0.717, 1.165) is 38.2 Å². The Hall–Kier alpha value is -2.28. The number of aliphatic hydroxyl groups is 1. The van der Waals surface area contributed by atoms with E-state index in [0.29, 0.717) is 17.1 Å². The number of carbonyl (C=O) groups is 2. The molecule has 32 heavy (non-hydrogen) atoms. The van der Waals surface area contributed by atoms with Crippen LogP contribution in [0.5, 0.6) is 0 Å². The van der Waals surface area contributed by atoms with E-state index in [2.05, 4.69) is 38.1 Å². The number of likely N-dealkylation sites (tertiary alicyclic amines) is 1. The highest BCUT2D eigenvalue weighted by Gasteiger charge is 2.37. The molecular weight excluding hydrogens is 444 g/mol. The fraction of sp³-hybridized carbons (Fsp3) is 0.400. The van der Waals surface area contributed by atoms with E-state index in [1.165, 1.54) is 10.5 Å². The van der Waals surface area contributed by atoms with Crippen LogP contribution in [-0.2, 0) is 29.0 Å². The monoisotopic (exact) mass is 468 g/mol. The van der Waals surface area contributed by atoms with E-state index in [-0.39, 0.29) is 36.6 Å². The minimum atomic E-state index is -0.416. The Labute approximate surface area is 196 Å². The molecule has 1 aromatic carbocycles. The van der Waals surface area contributed by atoms with Crippen LogP contribution in [0, 0.1) is 12.3 Å². The molecule has 1 saturated heterocycles. The van der Waals surface area contributed by atoms with Gasteiger partial charge in [0, 0.05) is 35.1 Å². The largest absolute Gasteiger partial charge is 0.392 e. The predicted octanol–water partition coefficient (Wildman–Crippen LogP) is 5.06. The van der Waals surface area contributed by atoms with Crippen LogP contribution in [0.15, 0.2) is 24.3 Å². The molecule has 1 unspecified atom stereocenters. The zero-order valence-electron chi connectivity index (χ0n) is 18.4. The molecule has 1 atom stereocenters. The number of imide groups is 1. The number of amides is 2. The van der Waals surface area contributed by atoms with Gasteiger partial charge in [0.2, 0.25) is 11.8 Å². The lowest BCUT2D eigenvalue weighted by atomic mass is 9.73. The average molecular weight is 469 g/mol. The van der Waals surface area contributed by atoms with Crippen molar-refractivity contribution in [1.29, 1.82) is 0 Å². The summed E-state index contributed by atoms with van der Waals surface area (Å²) < 4.78 is 0. The number of hydrogen-bond donors (Lipinski definition) is 1. The molecule has 3 heterocycles. The molecule has 1 aliphatic carbocycles. The Morgan fingerprint density at radius 3 is 2.50 bits per heavy atom. The van der Waals surface area contributed by atoms with Crippen LogP contribution in [0.4, 0.5) is 0 Å². The second-order valence-electron chi connectivity index (χ2n) is 9.56. The fourth-order valence-electron chi connectivity index (χ4n) is 4.68. The number of aromatic nitrogens is 1. The van der Waals surface area contributed by atoms with Gasteiger partial charge >= 0.3 is 0 Å². The number of nitrogens with zero attached hydrogens (tertiary/aromatic N) is 2. The van der Waals surface area contributed by atoms with Crippen molar-refractivity contribution in [2.45, 2.75) is 59.1 Å². The quantitative estimate of drug-likeness (QED) is 0.545. The summed E-state index contributed by atoms with van der Waals surface area (Å²) in [6, 6.07) is 8.22. The van der Waals surface area contributed by atoms with Gasteiger partial charge in [0.15, 0.2) is 0 Å². The molecule has 0 spiro atoms.